The van der Waals surface area contributed by atoms with Crippen LogP contribution in [0.4, 0.5) is 0 Å². The molecule has 5 saturated heterocycles. The third-order valence-corrected chi connectivity index (χ3v) is 17.2. The van der Waals surface area contributed by atoms with E-state index < -0.39 is 76.5 Å². The second-order valence-electron chi connectivity index (χ2n) is 19.9. The SMILES string of the molecule is CC1(C)OC2CC(=O)OCC23C1C(=O)C(O)C1(C2CCCCC2)C3CCC2(C)C(c3ccoc3CC(C(O)CO)C3C=CC(C4CNCN4)CC3)OC(=O)C3OC321. The number of epoxide rings is 1. The number of allylic oxidation sites excluding steroid dienone is 1. The van der Waals surface area contributed by atoms with Gasteiger partial charge in [-0.2, -0.15) is 0 Å². The zero-order valence-corrected chi connectivity index (χ0v) is 33.5. The number of fused-ring (bicyclic) bond motifs is 1. The molecule has 1 aromatic rings. The maximum absolute atomic E-state index is 15.2. The molecule has 9 aliphatic rings. The summed E-state index contributed by atoms with van der Waals surface area (Å²) in [6, 6.07) is 2.22. The van der Waals surface area contributed by atoms with Crippen LogP contribution in [0.3, 0.4) is 0 Å². The smallest absolute Gasteiger partial charge is 0.339 e. The number of aliphatic hydroxyl groups excluding tert-OH is 3. The second kappa shape index (κ2) is 13.4. The molecule has 5 aliphatic heterocycles. The van der Waals surface area contributed by atoms with E-state index in [0.29, 0.717) is 42.5 Å². The van der Waals surface area contributed by atoms with Crippen LogP contribution in [0.1, 0.15) is 102 Å². The fourth-order valence-electron chi connectivity index (χ4n) is 15.1. The number of furan rings is 1. The molecule has 2 spiro atoms. The second-order valence-corrected chi connectivity index (χ2v) is 19.9. The van der Waals surface area contributed by atoms with Crippen LogP contribution in [0.15, 0.2) is 28.9 Å². The average molecular weight is 793 g/mol. The highest BCUT2D eigenvalue weighted by Crippen LogP contribution is 2.82. The van der Waals surface area contributed by atoms with E-state index in [1.54, 1.807) is 6.26 Å². The lowest BCUT2D eigenvalue weighted by atomic mass is 9.33. The lowest BCUT2D eigenvalue weighted by Gasteiger charge is -2.70. The molecule has 0 bridgehead atoms. The van der Waals surface area contributed by atoms with Crippen molar-refractivity contribution in [3.05, 3.63) is 35.8 Å². The Morgan fingerprint density at radius 3 is 2.51 bits per heavy atom. The third kappa shape index (κ3) is 5.08. The van der Waals surface area contributed by atoms with Crippen molar-refractivity contribution < 1.29 is 53.1 Å². The molecular weight excluding hydrogens is 732 g/mol. The highest BCUT2D eigenvalue weighted by molar-refractivity contribution is 5.92. The van der Waals surface area contributed by atoms with Crippen molar-refractivity contribution in [3.8, 4) is 0 Å². The predicted molar refractivity (Wildman–Crippen MR) is 202 cm³/mol. The molecule has 1 aromatic heterocycles. The lowest BCUT2D eigenvalue weighted by Crippen LogP contribution is -2.79. The highest BCUT2D eigenvalue weighted by atomic mass is 16.7. The van der Waals surface area contributed by atoms with Gasteiger partial charge in [0.2, 0.25) is 0 Å². The molecule has 15 atom stereocenters. The molecule has 4 aliphatic carbocycles. The van der Waals surface area contributed by atoms with Crippen molar-refractivity contribution in [2.45, 2.75) is 139 Å². The molecule has 57 heavy (non-hydrogen) atoms. The number of carbonyl (C=O) groups excluding carboxylic acids is 3. The summed E-state index contributed by atoms with van der Waals surface area (Å²) in [6.07, 6.45) is 9.03. The topological polar surface area (TPSA) is 189 Å². The van der Waals surface area contributed by atoms with E-state index in [9.17, 15) is 24.9 Å². The quantitative estimate of drug-likeness (QED) is 0.147. The van der Waals surface area contributed by atoms with Gasteiger partial charge in [0.25, 0.3) is 0 Å². The Morgan fingerprint density at radius 2 is 1.79 bits per heavy atom. The number of esters is 2. The van der Waals surface area contributed by atoms with Gasteiger partial charge in [0, 0.05) is 53.4 Å². The van der Waals surface area contributed by atoms with Crippen LogP contribution in [0.2, 0.25) is 0 Å². The molecule has 0 aromatic carbocycles. The number of carbonyl (C=O) groups is 3. The first kappa shape index (κ1) is 38.5. The molecule has 3 saturated carbocycles. The van der Waals surface area contributed by atoms with Crippen molar-refractivity contribution in [1.82, 2.24) is 10.6 Å². The van der Waals surface area contributed by atoms with E-state index in [1.807, 2.05) is 19.9 Å². The van der Waals surface area contributed by atoms with Gasteiger partial charge in [-0.15, -0.1) is 0 Å². The highest BCUT2D eigenvalue weighted by Gasteiger charge is 2.92. The monoisotopic (exact) mass is 792 g/mol. The number of rotatable bonds is 8. The number of ketones is 1. The molecule has 13 nitrogen and oxygen atoms in total. The summed E-state index contributed by atoms with van der Waals surface area (Å²) in [5.74, 6) is -1.73. The molecular formula is C44H60N2O11. The fraction of sp³-hybridized carbons (Fsp3) is 0.795. The van der Waals surface area contributed by atoms with Crippen LogP contribution in [0, 0.1) is 51.8 Å². The van der Waals surface area contributed by atoms with Crippen LogP contribution in [0.25, 0.3) is 0 Å². The molecule has 15 unspecified atom stereocenters. The fourth-order valence-corrected chi connectivity index (χ4v) is 15.1. The minimum Gasteiger partial charge on any atom is -0.469 e. The van der Waals surface area contributed by atoms with Crippen LogP contribution in [0.5, 0.6) is 0 Å². The summed E-state index contributed by atoms with van der Waals surface area (Å²) < 4.78 is 32.3. The lowest BCUT2D eigenvalue weighted by molar-refractivity contribution is -0.275. The number of Topliss-reactive ketones (excluding diaryl/α,β-unsaturated/α-hetero) is 1. The van der Waals surface area contributed by atoms with E-state index in [2.05, 4.69) is 29.7 Å². The molecule has 312 valence electrons. The van der Waals surface area contributed by atoms with E-state index in [4.69, 9.17) is 23.4 Å². The van der Waals surface area contributed by atoms with Crippen LogP contribution in [-0.4, -0.2) is 101 Å². The normalized spacial score (nSPS) is 47.1. The Balaban J connectivity index is 1.06. The van der Waals surface area contributed by atoms with Crippen LogP contribution >= 0.6 is 0 Å². The maximum atomic E-state index is 15.2. The van der Waals surface area contributed by atoms with Gasteiger partial charge in [-0.3, -0.25) is 14.9 Å². The van der Waals surface area contributed by atoms with E-state index >= 15 is 4.79 Å². The van der Waals surface area contributed by atoms with E-state index in [0.717, 1.165) is 58.2 Å². The summed E-state index contributed by atoms with van der Waals surface area (Å²) >= 11 is 0. The summed E-state index contributed by atoms with van der Waals surface area (Å²) in [6.45, 7) is 7.23. The molecule has 5 N–H and O–H groups in total. The summed E-state index contributed by atoms with van der Waals surface area (Å²) in [7, 11) is 0. The van der Waals surface area contributed by atoms with Gasteiger partial charge in [-0.25, -0.2) is 4.79 Å². The number of ether oxygens (including phenoxy) is 4. The van der Waals surface area contributed by atoms with Gasteiger partial charge in [-0.1, -0.05) is 38.3 Å². The third-order valence-electron chi connectivity index (χ3n) is 17.2. The summed E-state index contributed by atoms with van der Waals surface area (Å²) in [5.41, 5.74) is -4.44. The minimum absolute atomic E-state index is 0.00118. The molecule has 6 heterocycles. The van der Waals surface area contributed by atoms with Gasteiger partial charge in [0.15, 0.2) is 11.9 Å². The minimum atomic E-state index is -1.43. The van der Waals surface area contributed by atoms with Crippen molar-refractivity contribution in [2.75, 3.05) is 26.4 Å². The predicted octanol–water partition coefficient (Wildman–Crippen LogP) is 3.28. The van der Waals surface area contributed by atoms with E-state index in [-0.39, 0.29) is 48.5 Å². The molecule has 0 radical (unpaired) electrons. The first-order chi connectivity index (χ1) is 27.3. The maximum Gasteiger partial charge on any atom is 0.339 e. The van der Waals surface area contributed by atoms with Crippen LogP contribution in [-0.2, 0) is 39.8 Å². The van der Waals surface area contributed by atoms with Gasteiger partial charge in [0.05, 0.1) is 43.0 Å². The average Bonchev–Trinajstić information content (AvgIpc) is 3.47. The molecule has 0 amide bonds. The summed E-state index contributed by atoms with van der Waals surface area (Å²) in [5, 5.41) is 41.5. The van der Waals surface area contributed by atoms with Gasteiger partial charge in [0.1, 0.15) is 30.2 Å². The Labute approximate surface area is 334 Å². The molecule has 10 rings (SSSR count). The number of cyclic esters (lactones) is 2. The Bertz CT molecular complexity index is 1820. The van der Waals surface area contributed by atoms with Gasteiger partial charge >= 0.3 is 11.9 Å². The Hall–Kier alpha value is -2.65. The van der Waals surface area contributed by atoms with Crippen molar-refractivity contribution in [2.24, 2.45) is 51.8 Å². The first-order valence-corrected chi connectivity index (χ1v) is 21.8. The zero-order chi connectivity index (χ0) is 39.7. The van der Waals surface area contributed by atoms with Gasteiger partial charge in [-0.05, 0) is 82.1 Å². The van der Waals surface area contributed by atoms with E-state index in [1.165, 1.54) is 0 Å². The standard InChI is InChI=1S/C44H60N2O11/c1-40(2)35-34(50)36(51)43(25-7-5-4-6-8-25)31(42(35)21-54-33(49)18-32(42)56-40)13-15-41(3)37(55-39(52)38-44(41,43)57-38)26-14-16-53-30(26)17-27(29(48)20-47)23-9-11-24(12-10-23)28-19-45-22-46-28/h9,11,14,16,23-25,27-29,31-32,35-38,45-48,51H,4-8,10,12-13,15,17-22H2,1-3H3. The van der Waals surface area contributed by atoms with Crippen molar-refractivity contribution in [3.63, 3.8) is 0 Å². The van der Waals surface area contributed by atoms with Crippen molar-refractivity contribution in [1.29, 1.82) is 0 Å². The number of nitrogens with one attached hydrogen (secondary N) is 2. The summed E-state index contributed by atoms with van der Waals surface area (Å²) in [4.78, 5) is 42.5. The zero-order valence-electron chi connectivity index (χ0n) is 33.5. The van der Waals surface area contributed by atoms with Gasteiger partial charge < -0.3 is 44.0 Å². The largest absolute Gasteiger partial charge is 0.469 e. The Morgan fingerprint density at radius 1 is 0.982 bits per heavy atom. The number of hydrogen-bond acceptors (Lipinski definition) is 13. The Kier molecular flexibility index (Phi) is 9.08. The first-order valence-electron chi connectivity index (χ1n) is 21.8. The van der Waals surface area contributed by atoms with Crippen LogP contribution < -0.4 is 10.6 Å². The van der Waals surface area contributed by atoms with Crippen molar-refractivity contribution >= 4 is 17.7 Å². The number of aliphatic hydroxyl groups is 3. The molecule has 8 fully saturated rings. The number of hydrogen-bond donors (Lipinski definition) is 5. The molecule has 13 heteroatoms.